The molecule has 0 N–H and O–H groups in total. The Morgan fingerprint density at radius 1 is 1.43 bits per heavy atom. The van der Waals surface area contributed by atoms with Crippen LogP contribution in [0.4, 0.5) is 0 Å². The van der Waals surface area contributed by atoms with E-state index >= 15 is 0 Å². The summed E-state index contributed by atoms with van der Waals surface area (Å²) in [5, 5.41) is 4.85. The standard InChI is InChI=1S/C13H16N4O4S2/c1-16-10(5-6-23(16,19)20)8-17-13(18)22-12(15-17)9-3-4-11(21-2)14-7-9/h3-4,7,10H,5-6,8H2,1-2H3. The van der Waals surface area contributed by atoms with E-state index in [4.69, 9.17) is 4.74 Å². The first-order valence-corrected chi connectivity index (χ1v) is 9.37. The summed E-state index contributed by atoms with van der Waals surface area (Å²) in [6.07, 6.45) is 2.09. The van der Waals surface area contributed by atoms with Crippen molar-refractivity contribution < 1.29 is 13.2 Å². The summed E-state index contributed by atoms with van der Waals surface area (Å²) in [7, 11) is -0.121. The molecule has 8 nitrogen and oxygen atoms in total. The van der Waals surface area contributed by atoms with Gasteiger partial charge in [0.25, 0.3) is 0 Å². The molecule has 1 unspecified atom stereocenters. The number of nitrogens with zero attached hydrogens (tertiary/aromatic N) is 4. The Labute approximate surface area is 137 Å². The van der Waals surface area contributed by atoms with Gasteiger partial charge < -0.3 is 4.74 Å². The van der Waals surface area contributed by atoms with E-state index in [9.17, 15) is 13.2 Å². The third-order valence-electron chi connectivity index (χ3n) is 3.84. The molecular formula is C13H16N4O4S2. The molecule has 0 spiro atoms. The fraction of sp³-hybridized carbons (Fsp3) is 0.462. The van der Waals surface area contributed by atoms with Gasteiger partial charge >= 0.3 is 4.87 Å². The minimum absolute atomic E-state index is 0.113. The Balaban J connectivity index is 1.82. The highest BCUT2D eigenvalue weighted by molar-refractivity contribution is 7.89. The van der Waals surface area contributed by atoms with Gasteiger partial charge in [0.1, 0.15) is 0 Å². The molecule has 23 heavy (non-hydrogen) atoms. The van der Waals surface area contributed by atoms with E-state index in [1.807, 2.05) is 0 Å². The molecule has 1 fully saturated rings. The van der Waals surface area contributed by atoms with Crippen molar-refractivity contribution in [1.29, 1.82) is 0 Å². The van der Waals surface area contributed by atoms with Crippen LogP contribution >= 0.6 is 11.3 Å². The van der Waals surface area contributed by atoms with Gasteiger partial charge in [-0.25, -0.2) is 22.4 Å². The van der Waals surface area contributed by atoms with E-state index in [2.05, 4.69) is 10.1 Å². The molecule has 0 radical (unpaired) electrons. The highest BCUT2D eigenvalue weighted by Crippen LogP contribution is 2.22. The predicted octanol–water partition coefficient (Wildman–Crippen LogP) is 0.409. The van der Waals surface area contributed by atoms with Gasteiger partial charge in [-0.15, -0.1) is 0 Å². The van der Waals surface area contributed by atoms with Crippen LogP contribution in [-0.2, 0) is 16.6 Å². The fourth-order valence-electron chi connectivity index (χ4n) is 2.41. The normalized spacial score (nSPS) is 20.7. The van der Waals surface area contributed by atoms with E-state index in [-0.39, 0.29) is 23.2 Å². The summed E-state index contributed by atoms with van der Waals surface area (Å²) in [5.41, 5.74) is 0.721. The van der Waals surface area contributed by atoms with Crippen molar-refractivity contribution in [2.45, 2.75) is 19.0 Å². The fourth-order valence-corrected chi connectivity index (χ4v) is 4.66. The molecule has 0 aromatic carbocycles. The maximum absolute atomic E-state index is 12.1. The second-order valence-corrected chi connectivity index (χ2v) is 8.31. The molecule has 10 heteroatoms. The molecule has 1 atom stereocenters. The Hall–Kier alpha value is -1.78. The monoisotopic (exact) mass is 356 g/mol. The van der Waals surface area contributed by atoms with Gasteiger partial charge in [0.2, 0.25) is 15.9 Å². The molecular weight excluding hydrogens is 340 g/mol. The van der Waals surface area contributed by atoms with Gasteiger partial charge in [0, 0.05) is 30.9 Å². The third-order valence-corrected chi connectivity index (χ3v) is 6.67. The van der Waals surface area contributed by atoms with Crippen molar-refractivity contribution in [3.05, 3.63) is 28.0 Å². The zero-order chi connectivity index (χ0) is 16.6. The van der Waals surface area contributed by atoms with Crippen molar-refractivity contribution in [3.63, 3.8) is 0 Å². The number of aromatic nitrogens is 3. The first kappa shape index (κ1) is 16.1. The molecule has 2 aromatic rings. The highest BCUT2D eigenvalue weighted by atomic mass is 32.2. The molecule has 0 bridgehead atoms. The van der Waals surface area contributed by atoms with Gasteiger partial charge in [-0.2, -0.15) is 5.10 Å². The number of sulfonamides is 1. The van der Waals surface area contributed by atoms with E-state index in [1.165, 1.54) is 16.1 Å². The van der Waals surface area contributed by atoms with Gasteiger partial charge in [0.05, 0.1) is 19.4 Å². The van der Waals surface area contributed by atoms with Crippen LogP contribution in [0.1, 0.15) is 6.42 Å². The second-order valence-electron chi connectivity index (χ2n) is 5.22. The lowest BCUT2D eigenvalue weighted by atomic mass is 10.2. The second kappa shape index (κ2) is 6.02. The topological polar surface area (TPSA) is 94.4 Å². The number of ether oxygens (including phenoxy) is 1. The summed E-state index contributed by atoms with van der Waals surface area (Å²) in [5.74, 6) is 0.598. The molecule has 3 rings (SSSR count). The van der Waals surface area contributed by atoms with Crippen LogP contribution in [0.15, 0.2) is 23.1 Å². The Bertz CT molecular complexity index is 857. The lowest BCUT2D eigenvalue weighted by molar-refractivity contribution is 0.340. The zero-order valence-electron chi connectivity index (χ0n) is 12.7. The number of pyridine rings is 1. The first-order valence-electron chi connectivity index (χ1n) is 6.95. The first-order chi connectivity index (χ1) is 10.9. The molecule has 1 aliphatic heterocycles. The lowest BCUT2D eigenvalue weighted by Gasteiger charge is -2.17. The molecule has 1 aliphatic rings. The van der Waals surface area contributed by atoms with Crippen LogP contribution in [0.3, 0.4) is 0 Å². The highest BCUT2D eigenvalue weighted by Gasteiger charge is 2.34. The molecule has 124 valence electrons. The third kappa shape index (κ3) is 3.14. The van der Waals surface area contributed by atoms with Crippen molar-refractivity contribution in [1.82, 2.24) is 19.1 Å². The van der Waals surface area contributed by atoms with Crippen LogP contribution in [0.2, 0.25) is 0 Å². The minimum atomic E-state index is -3.19. The van der Waals surface area contributed by atoms with Crippen LogP contribution < -0.4 is 9.61 Å². The number of likely N-dealkylation sites (N-methyl/N-ethyl adjacent to an activating group) is 1. The molecule has 3 heterocycles. The summed E-state index contributed by atoms with van der Waals surface area (Å²) >= 11 is 1.01. The van der Waals surface area contributed by atoms with Crippen molar-refractivity contribution in [3.8, 4) is 16.5 Å². The Kier molecular flexibility index (Phi) is 4.21. The van der Waals surface area contributed by atoms with Gasteiger partial charge in [-0.3, -0.25) is 4.79 Å². The van der Waals surface area contributed by atoms with E-state index in [0.29, 0.717) is 17.3 Å². The summed E-state index contributed by atoms with van der Waals surface area (Å²) in [6, 6.07) is 3.24. The van der Waals surface area contributed by atoms with Crippen LogP contribution in [-0.4, -0.2) is 53.4 Å². The summed E-state index contributed by atoms with van der Waals surface area (Å²) in [4.78, 5) is 16.0. The predicted molar refractivity (Wildman–Crippen MR) is 86.1 cm³/mol. The van der Waals surface area contributed by atoms with Gasteiger partial charge in [0.15, 0.2) is 5.01 Å². The molecule has 0 saturated carbocycles. The summed E-state index contributed by atoms with van der Waals surface area (Å²) in [6.45, 7) is 0.259. The Morgan fingerprint density at radius 2 is 2.22 bits per heavy atom. The smallest absolute Gasteiger partial charge is 0.325 e. The van der Waals surface area contributed by atoms with Crippen molar-refractivity contribution >= 4 is 21.4 Å². The maximum atomic E-state index is 12.1. The van der Waals surface area contributed by atoms with Crippen LogP contribution in [0, 0.1) is 0 Å². The maximum Gasteiger partial charge on any atom is 0.325 e. The van der Waals surface area contributed by atoms with Crippen molar-refractivity contribution in [2.24, 2.45) is 0 Å². The lowest BCUT2D eigenvalue weighted by Crippen LogP contribution is -2.34. The number of hydrogen-bond donors (Lipinski definition) is 0. The minimum Gasteiger partial charge on any atom is -0.481 e. The summed E-state index contributed by atoms with van der Waals surface area (Å²) < 4.78 is 31.1. The van der Waals surface area contributed by atoms with Crippen LogP contribution in [0.5, 0.6) is 5.88 Å². The average molecular weight is 356 g/mol. The molecule has 2 aromatic heterocycles. The van der Waals surface area contributed by atoms with E-state index < -0.39 is 10.0 Å². The van der Waals surface area contributed by atoms with E-state index in [0.717, 1.165) is 16.9 Å². The SMILES string of the molecule is COc1ccc(-c2nn(CC3CCS(=O)(=O)N3C)c(=O)s2)cn1. The largest absolute Gasteiger partial charge is 0.481 e. The number of hydrogen-bond acceptors (Lipinski definition) is 7. The quantitative estimate of drug-likeness (QED) is 0.787. The van der Waals surface area contributed by atoms with Gasteiger partial charge in [-0.1, -0.05) is 11.3 Å². The number of methoxy groups -OCH3 is 1. The zero-order valence-corrected chi connectivity index (χ0v) is 14.3. The molecule has 0 aliphatic carbocycles. The Morgan fingerprint density at radius 3 is 2.78 bits per heavy atom. The number of rotatable bonds is 4. The van der Waals surface area contributed by atoms with Crippen LogP contribution in [0.25, 0.3) is 10.6 Å². The molecule has 0 amide bonds. The van der Waals surface area contributed by atoms with Gasteiger partial charge in [-0.05, 0) is 12.5 Å². The molecule has 1 saturated heterocycles. The van der Waals surface area contributed by atoms with E-state index in [1.54, 1.807) is 25.4 Å². The van der Waals surface area contributed by atoms with Crippen molar-refractivity contribution in [2.75, 3.05) is 19.9 Å². The average Bonchev–Trinajstić information content (AvgIpc) is 3.02.